The number of carbonyl (C=O) groups excluding carboxylic acids is 1. The number of aromatic amines is 1. The molecule has 11 heteroatoms. The van der Waals surface area contributed by atoms with E-state index in [4.69, 9.17) is 0 Å². The highest BCUT2D eigenvalue weighted by molar-refractivity contribution is 5.83. The van der Waals surface area contributed by atoms with Gasteiger partial charge in [0.05, 0.1) is 17.3 Å². The first kappa shape index (κ1) is 22.6. The second kappa shape index (κ2) is 9.47. The lowest BCUT2D eigenvalue weighted by molar-refractivity contribution is -0.274. The fraction of sp³-hybridized carbons (Fsp3) is 0.364. The van der Waals surface area contributed by atoms with Crippen LogP contribution in [0, 0.1) is 0 Å². The van der Waals surface area contributed by atoms with E-state index in [-0.39, 0.29) is 17.2 Å². The highest BCUT2D eigenvalue weighted by Gasteiger charge is 2.31. The maximum atomic E-state index is 12.6. The largest absolute Gasteiger partial charge is 0.573 e. The predicted octanol–water partition coefficient (Wildman–Crippen LogP) is 2.89. The topological polar surface area (TPSA) is 91.4 Å². The summed E-state index contributed by atoms with van der Waals surface area (Å²) in [4.78, 5) is 32.2. The van der Waals surface area contributed by atoms with Crippen molar-refractivity contribution in [2.24, 2.45) is 0 Å². The Morgan fingerprint density at radius 1 is 1.06 bits per heavy atom. The molecule has 0 atom stereocenters. The molecule has 0 spiro atoms. The number of nitrogens with one attached hydrogen (secondary N) is 1. The van der Waals surface area contributed by atoms with Crippen molar-refractivity contribution in [3.05, 3.63) is 58.6 Å². The van der Waals surface area contributed by atoms with E-state index in [0.717, 1.165) is 17.3 Å². The van der Waals surface area contributed by atoms with Crippen LogP contribution in [0.15, 0.2) is 47.4 Å². The maximum Gasteiger partial charge on any atom is 0.573 e. The van der Waals surface area contributed by atoms with Gasteiger partial charge in [-0.05, 0) is 31.0 Å². The first-order valence-electron chi connectivity index (χ1n) is 10.5. The Balaban J connectivity index is 1.26. The average molecular weight is 461 g/mol. The van der Waals surface area contributed by atoms with Crippen LogP contribution in [-0.2, 0) is 11.2 Å². The minimum absolute atomic E-state index is 0.0327. The van der Waals surface area contributed by atoms with Gasteiger partial charge in [0.1, 0.15) is 11.6 Å². The summed E-state index contributed by atoms with van der Waals surface area (Å²) in [6, 6.07) is 9.94. The first-order chi connectivity index (χ1) is 15.8. The molecule has 8 nitrogen and oxygen atoms in total. The molecular weight excluding hydrogens is 439 g/mol. The normalized spacial score (nSPS) is 14.5. The van der Waals surface area contributed by atoms with E-state index in [0.29, 0.717) is 56.6 Å². The Labute approximate surface area is 187 Å². The van der Waals surface area contributed by atoms with Gasteiger partial charge in [-0.3, -0.25) is 9.59 Å². The number of halogens is 3. The van der Waals surface area contributed by atoms with Crippen molar-refractivity contribution in [1.29, 1.82) is 0 Å². The second-order valence-corrected chi connectivity index (χ2v) is 7.67. The molecule has 3 heterocycles. The summed E-state index contributed by atoms with van der Waals surface area (Å²) in [7, 11) is 0. The summed E-state index contributed by atoms with van der Waals surface area (Å²) in [6.07, 6.45) is -2.19. The number of piperazine rings is 1. The average Bonchev–Trinajstić information content (AvgIpc) is 2.80. The van der Waals surface area contributed by atoms with Crippen LogP contribution in [0.25, 0.3) is 10.8 Å². The van der Waals surface area contributed by atoms with E-state index in [9.17, 15) is 22.8 Å². The number of rotatable bonds is 6. The van der Waals surface area contributed by atoms with Gasteiger partial charge in [0.15, 0.2) is 0 Å². The van der Waals surface area contributed by atoms with Gasteiger partial charge in [0, 0.05) is 38.0 Å². The van der Waals surface area contributed by atoms with Crippen LogP contribution in [0.4, 0.5) is 19.0 Å². The van der Waals surface area contributed by atoms with Gasteiger partial charge in [0.2, 0.25) is 5.91 Å². The third kappa shape index (κ3) is 5.60. The van der Waals surface area contributed by atoms with Crippen molar-refractivity contribution >= 4 is 22.5 Å². The predicted molar refractivity (Wildman–Crippen MR) is 115 cm³/mol. The van der Waals surface area contributed by atoms with Gasteiger partial charge in [-0.15, -0.1) is 13.2 Å². The number of fused-ring (bicyclic) bond motifs is 1. The van der Waals surface area contributed by atoms with Gasteiger partial charge in [-0.2, -0.15) is 5.10 Å². The molecule has 0 aliphatic carbocycles. The molecule has 1 aliphatic rings. The van der Waals surface area contributed by atoms with Crippen LogP contribution in [0.1, 0.15) is 18.5 Å². The highest BCUT2D eigenvalue weighted by Crippen LogP contribution is 2.24. The second-order valence-electron chi connectivity index (χ2n) is 7.67. The van der Waals surface area contributed by atoms with Crippen molar-refractivity contribution in [3.8, 4) is 5.75 Å². The van der Waals surface area contributed by atoms with E-state index in [1.54, 1.807) is 17.0 Å². The number of amides is 1. The summed E-state index contributed by atoms with van der Waals surface area (Å²) in [5.41, 5.74) is 0.521. The molecule has 0 unspecified atom stereocenters. The fourth-order valence-corrected chi connectivity index (χ4v) is 3.87. The number of hydrogen-bond acceptors (Lipinski definition) is 6. The van der Waals surface area contributed by atoms with Crippen molar-refractivity contribution in [1.82, 2.24) is 20.1 Å². The third-order valence-corrected chi connectivity index (χ3v) is 5.49. The molecule has 1 aliphatic heterocycles. The molecule has 1 saturated heterocycles. The molecule has 174 valence electrons. The smallest absolute Gasteiger partial charge is 0.404 e. The summed E-state index contributed by atoms with van der Waals surface area (Å²) < 4.78 is 40.6. The van der Waals surface area contributed by atoms with Crippen LogP contribution in [-0.4, -0.2) is 58.5 Å². The van der Waals surface area contributed by atoms with E-state index < -0.39 is 6.36 Å². The Kier molecular flexibility index (Phi) is 6.47. The molecule has 1 aromatic carbocycles. The number of aryl methyl sites for hydroxylation is 1. The van der Waals surface area contributed by atoms with Crippen LogP contribution < -0.4 is 15.2 Å². The Morgan fingerprint density at radius 2 is 1.79 bits per heavy atom. The van der Waals surface area contributed by atoms with E-state index in [1.807, 2.05) is 17.0 Å². The SMILES string of the molecule is O=C(CCCc1n[nH]c(=O)c2ccccc12)N1CCN(c2ccc(OC(F)(F)F)cn2)CC1. The molecule has 2 aromatic heterocycles. The van der Waals surface area contributed by atoms with Crippen LogP contribution in [0.3, 0.4) is 0 Å². The molecule has 4 rings (SSSR count). The zero-order valence-corrected chi connectivity index (χ0v) is 17.6. The zero-order chi connectivity index (χ0) is 23.4. The number of ether oxygens (including phenoxy) is 1. The number of nitrogens with zero attached hydrogens (tertiary/aromatic N) is 4. The van der Waals surface area contributed by atoms with Gasteiger partial charge in [0.25, 0.3) is 5.56 Å². The van der Waals surface area contributed by atoms with Gasteiger partial charge in [-0.1, -0.05) is 18.2 Å². The van der Waals surface area contributed by atoms with Gasteiger partial charge >= 0.3 is 6.36 Å². The maximum absolute atomic E-state index is 12.6. The number of carbonyl (C=O) groups is 1. The van der Waals surface area contributed by atoms with Gasteiger partial charge < -0.3 is 14.5 Å². The highest BCUT2D eigenvalue weighted by atomic mass is 19.4. The van der Waals surface area contributed by atoms with E-state index >= 15 is 0 Å². The summed E-state index contributed by atoms with van der Waals surface area (Å²) >= 11 is 0. The summed E-state index contributed by atoms with van der Waals surface area (Å²) in [5, 5.41) is 8.01. The Morgan fingerprint density at radius 3 is 2.45 bits per heavy atom. The molecule has 3 aromatic rings. The van der Waals surface area contributed by atoms with Crippen LogP contribution in [0.5, 0.6) is 5.75 Å². The molecule has 1 fully saturated rings. The van der Waals surface area contributed by atoms with Crippen molar-refractivity contribution in [2.45, 2.75) is 25.6 Å². The number of anilines is 1. The quantitative estimate of drug-likeness (QED) is 0.607. The minimum atomic E-state index is -4.75. The van der Waals surface area contributed by atoms with Crippen molar-refractivity contribution < 1.29 is 22.7 Å². The Bertz CT molecular complexity index is 1170. The molecular formula is C22H22F3N5O3. The molecule has 0 saturated carbocycles. The number of aromatic nitrogens is 3. The Hall–Kier alpha value is -3.63. The number of benzene rings is 1. The number of hydrogen-bond donors (Lipinski definition) is 1. The molecule has 0 bridgehead atoms. The fourth-order valence-electron chi connectivity index (χ4n) is 3.87. The standard InChI is InChI=1S/C22H22F3N5O3/c23-22(24,25)33-15-8-9-19(26-14-15)29-10-12-30(13-11-29)20(31)7-3-6-18-16-4-1-2-5-17(16)21(32)28-27-18/h1-2,4-5,8-9,14H,3,6-7,10-13H2,(H,28,32). The van der Waals surface area contributed by atoms with Crippen molar-refractivity contribution in [2.75, 3.05) is 31.1 Å². The van der Waals surface area contributed by atoms with Crippen molar-refractivity contribution in [3.63, 3.8) is 0 Å². The third-order valence-electron chi connectivity index (χ3n) is 5.49. The lowest BCUT2D eigenvalue weighted by Crippen LogP contribution is -2.49. The van der Waals surface area contributed by atoms with E-state index in [2.05, 4.69) is 19.9 Å². The molecule has 33 heavy (non-hydrogen) atoms. The van der Waals surface area contributed by atoms with E-state index in [1.165, 1.54) is 12.1 Å². The lowest BCUT2D eigenvalue weighted by Gasteiger charge is -2.35. The molecule has 1 amide bonds. The van der Waals surface area contributed by atoms with Gasteiger partial charge in [-0.25, -0.2) is 10.1 Å². The zero-order valence-electron chi connectivity index (χ0n) is 17.6. The summed E-state index contributed by atoms with van der Waals surface area (Å²) in [5.74, 6) is 0.197. The van der Waals surface area contributed by atoms with Crippen LogP contribution >= 0.6 is 0 Å². The number of alkyl halides is 3. The number of H-pyrrole nitrogens is 1. The number of pyridine rings is 1. The van der Waals surface area contributed by atoms with Crippen LogP contribution in [0.2, 0.25) is 0 Å². The summed E-state index contributed by atoms with van der Waals surface area (Å²) in [6.45, 7) is 2.07. The monoisotopic (exact) mass is 461 g/mol. The lowest BCUT2D eigenvalue weighted by atomic mass is 10.1. The first-order valence-corrected chi connectivity index (χ1v) is 10.5. The molecule has 0 radical (unpaired) electrons. The minimum Gasteiger partial charge on any atom is -0.404 e. The molecule has 1 N–H and O–H groups in total.